The summed E-state index contributed by atoms with van der Waals surface area (Å²) in [5, 5.41) is 11.4. The highest BCUT2D eigenvalue weighted by Gasteiger charge is 2.30. The number of hydrogen-bond acceptors (Lipinski definition) is 4. The van der Waals surface area contributed by atoms with Crippen LogP contribution < -0.4 is 4.74 Å². The molecule has 2 aromatic carbocycles. The Labute approximate surface area is 133 Å². The number of pyridine rings is 1. The molecule has 1 aromatic heterocycles. The van der Waals surface area contributed by atoms with Gasteiger partial charge in [0, 0.05) is 17.6 Å². The molecule has 24 heavy (non-hydrogen) atoms. The van der Waals surface area contributed by atoms with Crippen LogP contribution in [0.5, 0.6) is 11.5 Å². The molecular weight excluding hydrogens is 325 g/mol. The highest BCUT2D eigenvalue weighted by Crippen LogP contribution is 2.36. The van der Waals surface area contributed by atoms with Gasteiger partial charge in [0.2, 0.25) is 0 Å². The van der Waals surface area contributed by atoms with Gasteiger partial charge in [-0.25, -0.2) is 4.98 Å². The van der Waals surface area contributed by atoms with E-state index in [1.807, 2.05) is 0 Å². The van der Waals surface area contributed by atoms with Crippen molar-refractivity contribution in [3.63, 3.8) is 0 Å². The first kappa shape index (κ1) is 15.7. The van der Waals surface area contributed by atoms with Crippen LogP contribution in [0.1, 0.15) is 5.56 Å². The molecule has 0 unspecified atom stereocenters. The van der Waals surface area contributed by atoms with Crippen LogP contribution in [0.3, 0.4) is 0 Å². The molecule has 122 valence electrons. The van der Waals surface area contributed by atoms with E-state index in [9.17, 15) is 23.3 Å². The van der Waals surface area contributed by atoms with Gasteiger partial charge in [-0.15, -0.1) is 0 Å². The molecule has 0 saturated carbocycles. The van der Waals surface area contributed by atoms with Crippen molar-refractivity contribution >= 4 is 16.6 Å². The Morgan fingerprint density at radius 2 is 1.88 bits per heavy atom. The molecule has 5 nitrogen and oxygen atoms in total. The molecule has 0 fully saturated rings. The number of aromatic nitrogens is 1. The fraction of sp³-hybridized carbons (Fsp3) is 0.0625. The molecule has 3 rings (SSSR count). The lowest BCUT2D eigenvalue weighted by Crippen LogP contribution is -2.04. The van der Waals surface area contributed by atoms with E-state index in [1.165, 1.54) is 30.5 Å². The quantitative estimate of drug-likeness (QED) is 0.502. The summed E-state index contributed by atoms with van der Waals surface area (Å²) in [5.74, 6) is 0.159. The van der Waals surface area contributed by atoms with Gasteiger partial charge in [0.05, 0.1) is 10.5 Å². The Balaban J connectivity index is 2.06. The molecule has 0 bridgehead atoms. The van der Waals surface area contributed by atoms with Gasteiger partial charge in [0.25, 0.3) is 5.69 Å². The molecule has 0 atom stereocenters. The molecule has 0 aliphatic heterocycles. The maximum atomic E-state index is 12.8. The minimum atomic E-state index is -4.49. The van der Waals surface area contributed by atoms with Gasteiger partial charge in [-0.05, 0) is 36.4 Å². The maximum Gasteiger partial charge on any atom is 0.416 e. The summed E-state index contributed by atoms with van der Waals surface area (Å²) in [6.07, 6.45) is -3.10. The van der Waals surface area contributed by atoms with E-state index >= 15 is 0 Å². The van der Waals surface area contributed by atoms with E-state index in [-0.39, 0.29) is 22.7 Å². The highest BCUT2D eigenvalue weighted by molar-refractivity contribution is 5.92. The number of hydrogen-bond donors (Lipinski definition) is 0. The van der Waals surface area contributed by atoms with E-state index < -0.39 is 16.7 Å². The number of nitro groups is 1. The summed E-state index contributed by atoms with van der Waals surface area (Å²) in [5.41, 5.74) is -0.946. The van der Waals surface area contributed by atoms with Crippen LogP contribution in [0.25, 0.3) is 10.9 Å². The zero-order chi connectivity index (χ0) is 17.3. The van der Waals surface area contributed by atoms with Crippen LogP contribution in [0.15, 0.2) is 54.7 Å². The fourth-order valence-electron chi connectivity index (χ4n) is 2.23. The van der Waals surface area contributed by atoms with Gasteiger partial charge in [0.1, 0.15) is 11.5 Å². The van der Waals surface area contributed by atoms with E-state index in [4.69, 9.17) is 4.74 Å². The van der Waals surface area contributed by atoms with Gasteiger partial charge < -0.3 is 4.74 Å². The third-order valence-corrected chi connectivity index (χ3v) is 3.29. The lowest BCUT2D eigenvalue weighted by Gasteiger charge is -2.11. The molecule has 0 amide bonds. The third kappa shape index (κ3) is 2.98. The number of ether oxygens (including phenoxy) is 1. The number of alkyl halides is 3. The lowest BCUT2D eigenvalue weighted by molar-refractivity contribution is -0.383. The zero-order valence-corrected chi connectivity index (χ0v) is 11.9. The number of nitrogens with zero attached hydrogens (tertiary/aromatic N) is 2. The second-order valence-corrected chi connectivity index (χ2v) is 4.87. The summed E-state index contributed by atoms with van der Waals surface area (Å²) >= 11 is 0. The van der Waals surface area contributed by atoms with Gasteiger partial charge in [0.15, 0.2) is 5.52 Å². The first-order valence-corrected chi connectivity index (χ1v) is 6.73. The molecule has 0 spiro atoms. The van der Waals surface area contributed by atoms with E-state index in [0.29, 0.717) is 5.39 Å². The Hall–Kier alpha value is -3.16. The van der Waals surface area contributed by atoms with Crippen LogP contribution in [0.4, 0.5) is 18.9 Å². The van der Waals surface area contributed by atoms with Crippen LogP contribution in [-0.4, -0.2) is 9.91 Å². The van der Waals surface area contributed by atoms with Crippen molar-refractivity contribution in [3.05, 3.63) is 70.4 Å². The number of rotatable bonds is 3. The third-order valence-electron chi connectivity index (χ3n) is 3.29. The first-order chi connectivity index (χ1) is 11.4. The Bertz CT molecular complexity index is 926. The maximum absolute atomic E-state index is 12.8. The van der Waals surface area contributed by atoms with Crippen LogP contribution in [0.2, 0.25) is 0 Å². The Kier molecular flexibility index (Phi) is 3.80. The number of halogens is 3. The molecule has 0 saturated heterocycles. The molecule has 0 radical (unpaired) electrons. The minimum absolute atomic E-state index is 0.0242. The van der Waals surface area contributed by atoms with Gasteiger partial charge in [-0.1, -0.05) is 6.07 Å². The largest absolute Gasteiger partial charge is 0.457 e. The van der Waals surface area contributed by atoms with Gasteiger partial charge >= 0.3 is 6.18 Å². The number of non-ortho nitro benzene ring substituents is 1. The zero-order valence-electron chi connectivity index (χ0n) is 11.9. The van der Waals surface area contributed by atoms with Crippen molar-refractivity contribution in [2.45, 2.75) is 6.18 Å². The smallest absolute Gasteiger partial charge is 0.416 e. The minimum Gasteiger partial charge on any atom is -0.457 e. The summed E-state index contributed by atoms with van der Waals surface area (Å²) in [6, 6.07) is 10.1. The van der Waals surface area contributed by atoms with E-state index in [0.717, 1.165) is 12.1 Å². The lowest BCUT2D eigenvalue weighted by atomic mass is 10.1. The second kappa shape index (κ2) is 5.80. The van der Waals surface area contributed by atoms with Crippen molar-refractivity contribution in [3.8, 4) is 11.5 Å². The molecule has 3 aromatic rings. The first-order valence-electron chi connectivity index (χ1n) is 6.73. The molecule has 0 aliphatic carbocycles. The molecular formula is C16H9F3N2O3. The van der Waals surface area contributed by atoms with Crippen molar-refractivity contribution in [2.75, 3.05) is 0 Å². The predicted molar refractivity (Wildman–Crippen MR) is 79.9 cm³/mol. The summed E-state index contributed by atoms with van der Waals surface area (Å²) in [4.78, 5) is 14.4. The van der Waals surface area contributed by atoms with E-state index in [1.54, 1.807) is 12.1 Å². The number of nitro benzene ring substituents is 1. The molecule has 0 N–H and O–H groups in total. The Morgan fingerprint density at radius 3 is 2.58 bits per heavy atom. The monoisotopic (exact) mass is 334 g/mol. The fourth-order valence-corrected chi connectivity index (χ4v) is 2.23. The number of benzene rings is 2. The van der Waals surface area contributed by atoms with Gasteiger partial charge in [-0.2, -0.15) is 13.2 Å². The average Bonchev–Trinajstić information content (AvgIpc) is 2.54. The van der Waals surface area contributed by atoms with Crippen LogP contribution in [0, 0.1) is 10.1 Å². The van der Waals surface area contributed by atoms with Crippen LogP contribution >= 0.6 is 0 Å². The number of fused-ring (bicyclic) bond motifs is 1. The standard InChI is InChI=1S/C16H9F3N2O3/c17-16(18,19)10-3-1-4-11(9-10)24-14-7-6-13(21(22)23)15-12(14)5-2-8-20-15/h1-9H. The Morgan fingerprint density at radius 1 is 1.08 bits per heavy atom. The van der Waals surface area contributed by atoms with Crippen molar-refractivity contribution in [1.82, 2.24) is 4.98 Å². The second-order valence-electron chi connectivity index (χ2n) is 4.87. The summed E-state index contributed by atoms with van der Waals surface area (Å²) in [7, 11) is 0. The molecule has 0 aliphatic rings. The topological polar surface area (TPSA) is 65.3 Å². The molecule has 1 heterocycles. The van der Waals surface area contributed by atoms with Crippen molar-refractivity contribution in [2.24, 2.45) is 0 Å². The van der Waals surface area contributed by atoms with Crippen molar-refractivity contribution in [1.29, 1.82) is 0 Å². The highest BCUT2D eigenvalue weighted by atomic mass is 19.4. The predicted octanol–water partition coefficient (Wildman–Crippen LogP) is 4.95. The van der Waals surface area contributed by atoms with Crippen LogP contribution in [-0.2, 0) is 6.18 Å². The normalized spacial score (nSPS) is 11.5. The van der Waals surface area contributed by atoms with E-state index in [2.05, 4.69) is 4.98 Å². The SMILES string of the molecule is O=[N+]([O-])c1ccc(Oc2cccc(C(F)(F)F)c2)c2cccnc12. The average molecular weight is 334 g/mol. The summed E-state index contributed by atoms with van der Waals surface area (Å²) < 4.78 is 43.8. The summed E-state index contributed by atoms with van der Waals surface area (Å²) in [6.45, 7) is 0. The van der Waals surface area contributed by atoms with Gasteiger partial charge in [-0.3, -0.25) is 10.1 Å². The van der Waals surface area contributed by atoms with Crippen molar-refractivity contribution < 1.29 is 22.8 Å². The molecule has 8 heteroatoms.